The van der Waals surface area contributed by atoms with Gasteiger partial charge in [-0.25, -0.2) is 13.2 Å². The Morgan fingerprint density at radius 2 is 1.90 bits per heavy atom. The van der Waals surface area contributed by atoms with Crippen LogP contribution < -0.4 is 10.9 Å². The van der Waals surface area contributed by atoms with E-state index in [-0.39, 0.29) is 11.4 Å². The highest BCUT2D eigenvalue weighted by Gasteiger charge is 2.30. The highest BCUT2D eigenvalue weighted by molar-refractivity contribution is 6.30. The van der Waals surface area contributed by atoms with Crippen LogP contribution in [0.5, 0.6) is 0 Å². The van der Waals surface area contributed by atoms with Crippen molar-refractivity contribution in [2.45, 2.75) is 18.8 Å². The maximum Gasteiger partial charge on any atom is 0.284 e. The summed E-state index contributed by atoms with van der Waals surface area (Å²) < 4.78 is 41.0. The number of hydrogen-bond donors (Lipinski definition) is 2. The van der Waals surface area contributed by atoms with Gasteiger partial charge >= 0.3 is 0 Å². The standard InChI is InChI=1S/C18H15ClF3N5O3/c1-26-8-11(7-23-26)27-18(30)12(17(29)24-16(22)14(28)15(20)21)6-13(25-27)9-2-4-10(19)5-3-9/h2-8,14-16,28H,1H3,(H,24,29)/t14-,16?/m1/s1. The Labute approximate surface area is 172 Å². The molecule has 0 aliphatic rings. The molecule has 2 heterocycles. The third-order valence-corrected chi connectivity index (χ3v) is 4.31. The van der Waals surface area contributed by atoms with Gasteiger partial charge in [-0.1, -0.05) is 23.7 Å². The molecule has 12 heteroatoms. The molecule has 2 aromatic heterocycles. The summed E-state index contributed by atoms with van der Waals surface area (Å²) in [5.41, 5.74) is -0.641. The molecule has 1 aromatic carbocycles. The highest BCUT2D eigenvalue weighted by atomic mass is 35.5. The van der Waals surface area contributed by atoms with Gasteiger partial charge in [-0.15, -0.1) is 0 Å². The summed E-state index contributed by atoms with van der Waals surface area (Å²) in [4.78, 5) is 25.2. The predicted octanol–water partition coefficient (Wildman–Crippen LogP) is 1.94. The second kappa shape index (κ2) is 8.67. The number of aliphatic hydroxyl groups is 1. The van der Waals surface area contributed by atoms with Crippen molar-refractivity contribution in [1.29, 1.82) is 0 Å². The fraction of sp³-hybridized carbons (Fsp3) is 0.222. The predicted molar refractivity (Wildman–Crippen MR) is 101 cm³/mol. The van der Waals surface area contributed by atoms with E-state index in [9.17, 15) is 22.8 Å². The molecule has 2 N–H and O–H groups in total. The maximum absolute atomic E-state index is 13.8. The molecule has 8 nitrogen and oxygen atoms in total. The fourth-order valence-corrected chi connectivity index (χ4v) is 2.65. The maximum atomic E-state index is 13.8. The molecule has 0 aliphatic heterocycles. The van der Waals surface area contributed by atoms with Gasteiger partial charge < -0.3 is 10.4 Å². The number of nitrogens with zero attached hydrogens (tertiary/aromatic N) is 4. The minimum Gasteiger partial charge on any atom is -0.382 e. The SMILES string of the molecule is Cn1cc(-n2nc(-c3ccc(Cl)cc3)cc(C(=O)NC(F)[C@H](O)C(F)F)c2=O)cn1. The van der Waals surface area contributed by atoms with Crippen molar-refractivity contribution in [2.75, 3.05) is 0 Å². The number of benzene rings is 1. The molecule has 158 valence electrons. The van der Waals surface area contributed by atoms with E-state index in [4.69, 9.17) is 16.7 Å². The van der Waals surface area contributed by atoms with E-state index >= 15 is 0 Å². The van der Waals surface area contributed by atoms with Gasteiger partial charge in [-0.2, -0.15) is 14.9 Å². The Balaban J connectivity index is 2.09. The van der Waals surface area contributed by atoms with Gasteiger partial charge in [-0.3, -0.25) is 14.3 Å². The first-order valence-electron chi connectivity index (χ1n) is 8.48. The molecular weight excluding hydrogens is 427 g/mol. The monoisotopic (exact) mass is 441 g/mol. The second-order valence-corrected chi connectivity index (χ2v) is 6.68. The molecule has 3 aromatic rings. The summed E-state index contributed by atoms with van der Waals surface area (Å²) in [5, 5.41) is 19.3. The van der Waals surface area contributed by atoms with Gasteiger partial charge in [0.25, 0.3) is 17.9 Å². The normalized spacial score (nSPS) is 13.3. The van der Waals surface area contributed by atoms with Crippen molar-refractivity contribution < 1.29 is 23.1 Å². The van der Waals surface area contributed by atoms with Crippen molar-refractivity contribution in [1.82, 2.24) is 24.9 Å². The number of nitrogens with one attached hydrogen (secondary N) is 1. The molecule has 1 amide bonds. The third-order valence-electron chi connectivity index (χ3n) is 4.06. The van der Waals surface area contributed by atoms with E-state index < -0.39 is 35.9 Å². The molecule has 0 bridgehead atoms. The molecule has 0 fully saturated rings. The van der Waals surface area contributed by atoms with Crippen molar-refractivity contribution in [2.24, 2.45) is 7.05 Å². The van der Waals surface area contributed by atoms with Gasteiger partial charge in [0.05, 0.1) is 18.1 Å². The summed E-state index contributed by atoms with van der Waals surface area (Å²) in [6.07, 6.45) is -6.17. The fourth-order valence-electron chi connectivity index (χ4n) is 2.53. The highest BCUT2D eigenvalue weighted by Crippen LogP contribution is 2.20. The first kappa shape index (κ1) is 21.5. The summed E-state index contributed by atoms with van der Waals surface area (Å²) in [6.45, 7) is 0. The Hall–Kier alpha value is -3.18. The Morgan fingerprint density at radius 1 is 1.23 bits per heavy atom. The smallest absolute Gasteiger partial charge is 0.284 e. The van der Waals surface area contributed by atoms with Gasteiger partial charge in [0.1, 0.15) is 11.3 Å². The molecular formula is C18H15ClF3N5O3. The number of carbonyl (C=O) groups excluding carboxylic acids is 1. The minimum absolute atomic E-state index is 0.157. The lowest BCUT2D eigenvalue weighted by Gasteiger charge is -2.16. The van der Waals surface area contributed by atoms with Crippen molar-refractivity contribution >= 4 is 17.5 Å². The molecule has 0 aliphatic carbocycles. The van der Waals surface area contributed by atoms with E-state index in [2.05, 4.69) is 10.2 Å². The summed E-state index contributed by atoms with van der Waals surface area (Å²) in [5.74, 6) is -1.29. The molecule has 2 atom stereocenters. The van der Waals surface area contributed by atoms with E-state index in [0.717, 1.165) is 10.7 Å². The summed E-state index contributed by atoms with van der Waals surface area (Å²) >= 11 is 5.87. The number of aromatic nitrogens is 4. The number of aryl methyl sites for hydroxylation is 1. The van der Waals surface area contributed by atoms with Gasteiger partial charge in [0.15, 0.2) is 6.10 Å². The van der Waals surface area contributed by atoms with Crippen LogP contribution in [0.4, 0.5) is 13.2 Å². The lowest BCUT2D eigenvalue weighted by atomic mass is 10.1. The number of aliphatic hydroxyl groups excluding tert-OH is 1. The molecule has 0 spiro atoms. The number of hydrogen-bond acceptors (Lipinski definition) is 5. The Morgan fingerprint density at radius 3 is 2.47 bits per heavy atom. The van der Waals surface area contributed by atoms with Crippen LogP contribution in [0.2, 0.25) is 5.02 Å². The molecule has 30 heavy (non-hydrogen) atoms. The van der Waals surface area contributed by atoms with Crippen LogP contribution in [-0.2, 0) is 7.05 Å². The topological polar surface area (TPSA) is 102 Å². The van der Waals surface area contributed by atoms with Gasteiger partial charge in [0, 0.05) is 17.6 Å². The van der Waals surface area contributed by atoms with Crippen LogP contribution in [0.25, 0.3) is 16.9 Å². The number of halogens is 4. The summed E-state index contributed by atoms with van der Waals surface area (Å²) in [7, 11) is 1.60. The largest absolute Gasteiger partial charge is 0.382 e. The lowest BCUT2D eigenvalue weighted by molar-refractivity contribution is -0.0551. The number of rotatable bonds is 6. The Kier molecular flexibility index (Phi) is 6.22. The molecule has 0 saturated heterocycles. The van der Waals surface area contributed by atoms with Crippen molar-refractivity contribution in [3.05, 3.63) is 63.7 Å². The number of carbonyl (C=O) groups is 1. The van der Waals surface area contributed by atoms with Gasteiger partial charge in [0.2, 0.25) is 6.30 Å². The molecule has 0 saturated carbocycles. The lowest BCUT2D eigenvalue weighted by Crippen LogP contribution is -2.45. The zero-order valence-electron chi connectivity index (χ0n) is 15.3. The zero-order chi connectivity index (χ0) is 22.0. The van der Waals surface area contributed by atoms with E-state index in [1.165, 1.54) is 17.1 Å². The number of amides is 1. The van der Waals surface area contributed by atoms with E-state index in [1.807, 2.05) is 0 Å². The van der Waals surface area contributed by atoms with Crippen LogP contribution in [0.1, 0.15) is 10.4 Å². The average molecular weight is 442 g/mol. The number of alkyl halides is 3. The van der Waals surface area contributed by atoms with Crippen LogP contribution in [0.3, 0.4) is 0 Å². The summed E-state index contributed by atoms with van der Waals surface area (Å²) in [6, 6.07) is 7.39. The molecule has 3 rings (SSSR count). The van der Waals surface area contributed by atoms with Crippen LogP contribution in [-0.4, -0.2) is 49.4 Å². The van der Waals surface area contributed by atoms with Crippen LogP contribution in [0, 0.1) is 0 Å². The van der Waals surface area contributed by atoms with Crippen molar-refractivity contribution in [3.63, 3.8) is 0 Å². The zero-order valence-corrected chi connectivity index (χ0v) is 16.1. The van der Waals surface area contributed by atoms with E-state index in [1.54, 1.807) is 36.6 Å². The average Bonchev–Trinajstić information content (AvgIpc) is 3.14. The quantitative estimate of drug-likeness (QED) is 0.569. The first-order chi connectivity index (χ1) is 14.2. The molecule has 1 unspecified atom stereocenters. The van der Waals surface area contributed by atoms with E-state index in [0.29, 0.717) is 10.6 Å². The Bertz CT molecular complexity index is 1120. The third kappa shape index (κ3) is 4.52. The van der Waals surface area contributed by atoms with Crippen LogP contribution >= 0.6 is 11.6 Å². The van der Waals surface area contributed by atoms with Gasteiger partial charge in [-0.05, 0) is 18.2 Å². The van der Waals surface area contributed by atoms with Crippen molar-refractivity contribution in [3.8, 4) is 16.9 Å². The second-order valence-electron chi connectivity index (χ2n) is 6.24. The minimum atomic E-state index is -3.42. The van der Waals surface area contributed by atoms with Crippen LogP contribution in [0.15, 0.2) is 47.5 Å². The molecule has 0 radical (unpaired) electrons. The first-order valence-corrected chi connectivity index (χ1v) is 8.85.